The number of piperidine rings is 1. The lowest BCUT2D eigenvalue weighted by Crippen LogP contribution is -2.43. The van der Waals surface area contributed by atoms with Crippen LogP contribution in [0.3, 0.4) is 0 Å². The summed E-state index contributed by atoms with van der Waals surface area (Å²) in [5.74, 6) is -2.80. The number of hydrogen-bond acceptors (Lipinski definition) is 3. The van der Waals surface area contributed by atoms with E-state index in [2.05, 4.69) is 10.2 Å². The predicted molar refractivity (Wildman–Crippen MR) is 101 cm³/mol. The molecule has 0 aromatic heterocycles. The minimum absolute atomic E-state index is 0.104. The normalized spacial score (nSPS) is 28.2. The van der Waals surface area contributed by atoms with Gasteiger partial charge in [0, 0.05) is 25.6 Å². The highest BCUT2D eigenvalue weighted by Crippen LogP contribution is 2.34. The average Bonchev–Trinajstić information content (AvgIpc) is 3.34. The topological polar surface area (TPSA) is 35.6 Å². The van der Waals surface area contributed by atoms with Gasteiger partial charge in [-0.25, -0.2) is 8.78 Å². The van der Waals surface area contributed by atoms with E-state index in [1.165, 1.54) is 4.90 Å². The molecule has 4 rings (SSSR count). The molecule has 166 valence electrons. The summed E-state index contributed by atoms with van der Waals surface area (Å²) >= 11 is 0. The highest BCUT2D eigenvalue weighted by atomic mass is 19.4. The van der Waals surface area contributed by atoms with Gasteiger partial charge in [0.1, 0.15) is 0 Å². The first-order valence-electron chi connectivity index (χ1n) is 10.4. The van der Waals surface area contributed by atoms with Crippen LogP contribution in [0.5, 0.6) is 0 Å². The minimum atomic E-state index is -4.32. The van der Waals surface area contributed by atoms with Crippen LogP contribution in [0.4, 0.5) is 22.0 Å². The standard InChI is InChI=1S/C21H26F5N3O/c22-20(23)7-10-29(13-20)19(30)18-11-17(12-27-18)28-8-5-15(6-9-28)14-1-3-16(4-2-14)21(24,25)26/h1-4,15,17-18,27H,5-13H2/t17-,18-/m0/s1. The number of nitrogens with one attached hydrogen (secondary N) is 1. The van der Waals surface area contributed by atoms with Gasteiger partial charge in [-0.2, -0.15) is 13.2 Å². The molecule has 3 saturated heterocycles. The van der Waals surface area contributed by atoms with Crippen molar-refractivity contribution in [1.82, 2.24) is 15.1 Å². The van der Waals surface area contributed by atoms with Crippen LogP contribution >= 0.6 is 0 Å². The second kappa shape index (κ2) is 8.07. The smallest absolute Gasteiger partial charge is 0.335 e. The van der Waals surface area contributed by atoms with E-state index in [1.807, 2.05) is 0 Å². The zero-order valence-corrected chi connectivity index (χ0v) is 16.6. The number of alkyl halides is 5. The Morgan fingerprint density at radius 3 is 2.30 bits per heavy atom. The van der Waals surface area contributed by atoms with E-state index < -0.39 is 30.2 Å². The van der Waals surface area contributed by atoms with Gasteiger partial charge >= 0.3 is 6.18 Å². The zero-order chi connectivity index (χ0) is 21.5. The van der Waals surface area contributed by atoms with Gasteiger partial charge in [-0.1, -0.05) is 12.1 Å². The Hall–Kier alpha value is -1.74. The summed E-state index contributed by atoms with van der Waals surface area (Å²) in [6, 6.07) is 5.18. The summed E-state index contributed by atoms with van der Waals surface area (Å²) in [6.07, 6.45) is -2.30. The Labute approximate surface area is 172 Å². The number of amides is 1. The Morgan fingerprint density at radius 1 is 1.07 bits per heavy atom. The van der Waals surface area contributed by atoms with Crippen molar-refractivity contribution in [3.63, 3.8) is 0 Å². The van der Waals surface area contributed by atoms with Gasteiger partial charge in [0.15, 0.2) is 0 Å². The first kappa shape index (κ1) is 21.5. The summed E-state index contributed by atoms with van der Waals surface area (Å²) in [4.78, 5) is 16.1. The van der Waals surface area contributed by atoms with Crippen LogP contribution in [0.25, 0.3) is 0 Å². The Bertz CT molecular complexity index is 759. The maximum Gasteiger partial charge on any atom is 0.416 e. The third-order valence-electron chi connectivity index (χ3n) is 6.64. The molecule has 4 nitrogen and oxygen atoms in total. The number of rotatable bonds is 3. The molecule has 3 aliphatic heterocycles. The lowest BCUT2D eigenvalue weighted by atomic mass is 9.88. The molecule has 0 unspecified atom stereocenters. The van der Waals surface area contributed by atoms with Crippen LogP contribution in [0.2, 0.25) is 0 Å². The Balaban J connectivity index is 1.27. The molecule has 1 aromatic rings. The van der Waals surface area contributed by atoms with Crippen LogP contribution in [-0.4, -0.2) is 66.4 Å². The number of likely N-dealkylation sites (tertiary alicyclic amines) is 2. The zero-order valence-electron chi connectivity index (χ0n) is 16.6. The maximum absolute atomic E-state index is 13.4. The van der Waals surface area contributed by atoms with E-state index in [0.29, 0.717) is 13.0 Å². The van der Waals surface area contributed by atoms with Gasteiger partial charge < -0.3 is 10.2 Å². The molecule has 2 atom stereocenters. The molecule has 9 heteroatoms. The van der Waals surface area contributed by atoms with Crippen molar-refractivity contribution in [2.45, 2.75) is 55.8 Å². The van der Waals surface area contributed by atoms with Crippen molar-refractivity contribution in [2.24, 2.45) is 0 Å². The van der Waals surface area contributed by atoms with Crippen molar-refractivity contribution < 1.29 is 26.7 Å². The van der Waals surface area contributed by atoms with Gasteiger partial charge in [0.2, 0.25) is 5.91 Å². The lowest BCUT2D eigenvalue weighted by Gasteiger charge is -2.36. The van der Waals surface area contributed by atoms with Crippen molar-refractivity contribution in [1.29, 1.82) is 0 Å². The molecule has 0 saturated carbocycles. The quantitative estimate of drug-likeness (QED) is 0.745. The largest absolute Gasteiger partial charge is 0.416 e. The van der Waals surface area contributed by atoms with E-state index in [-0.39, 0.29) is 30.8 Å². The minimum Gasteiger partial charge on any atom is -0.335 e. The first-order chi connectivity index (χ1) is 14.1. The predicted octanol–water partition coefficient (Wildman–Crippen LogP) is 3.48. The molecule has 0 bridgehead atoms. The number of carbonyl (C=O) groups excluding carboxylic acids is 1. The van der Waals surface area contributed by atoms with Crippen LogP contribution in [-0.2, 0) is 11.0 Å². The lowest BCUT2D eigenvalue weighted by molar-refractivity contribution is -0.137. The Kier molecular flexibility index (Phi) is 5.78. The van der Waals surface area contributed by atoms with Crippen molar-refractivity contribution in [3.8, 4) is 0 Å². The fourth-order valence-electron chi connectivity index (χ4n) is 4.87. The molecular weight excluding hydrogens is 405 g/mol. The second-order valence-electron chi connectivity index (χ2n) is 8.65. The van der Waals surface area contributed by atoms with Crippen molar-refractivity contribution in [2.75, 3.05) is 32.7 Å². The fourth-order valence-corrected chi connectivity index (χ4v) is 4.87. The summed E-state index contributed by atoms with van der Waals surface area (Å²) in [6.45, 7) is 1.87. The number of halogens is 5. The number of benzene rings is 1. The maximum atomic E-state index is 13.4. The highest BCUT2D eigenvalue weighted by Gasteiger charge is 2.44. The monoisotopic (exact) mass is 431 g/mol. The third-order valence-corrected chi connectivity index (χ3v) is 6.64. The van der Waals surface area contributed by atoms with Crippen LogP contribution in [0.15, 0.2) is 24.3 Å². The second-order valence-corrected chi connectivity index (χ2v) is 8.65. The van der Waals surface area contributed by atoms with Gasteiger partial charge in [-0.3, -0.25) is 9.69 Å². The van der Waals surface area contributed by atoms with Crippen LogP contribution < -0.4 is 5.32 Å². The van der Waals surface area contributed by atoms with E-state index in [4.69, 9.17) is 0 Å². The van der Waals surface area contributed by atoms with Crippen LogP contribution in [0.1, 0.15) is 42.7 Å². The van der Waals surface area contributed by atoms with Crippen molar-refractivity contribution >= 4 is 5.91 Å². The molecule has 0 spiro atoms. The summed E-state index contributed by atoms with van der Waals surface area (Å²) < 4.78 is 65.0. The average molecular weight is 431 g/mol. The molecule has 3 aliphatic rings. The molecule has 1 N–H and O–H groups in total. The molecule has 0 radical (unpaired) electrons. The molecule has 3 heterocycles. The van der Waals surface area contributed by atoms with Gasteiger partial charge in [-0.15, -0.1) is 0 Å². The third kappa shape index (κ3) is 4.61. The molecule has 0 aliphatic carbocycles. The molecule has 1 aromatic carbocycles. The van der Waals surface area contributed by atoms with E-state index in [0.717, 1.165) is 43.6 Å². The number of nitrogens with zero attached hydrogens (tertiary/aromatic N) is 2. The molecule has 1 amide bonds. The summed E-state index contributed by atoms with van der Waals surface area (Å²) in [5.41, 5.74) is 0.294. The molecule has 30 heavy (non-hydrogen) atoms. The van der Waals surface area contributed by atoms with Crippen molar-refractivity contribution in [3.05, 3.63) is 35.4 Å². The van der Waals surface area contributed by atoms with E-state index in [1.54, 1.807) is 12.1 Å². The first-order valence-corrected chi connectivity index (χ1v) is 10.4. The summed E-state index contributed by atoms with van der Waals surface area (Å²) in [5, 5.41) is 3.19. The SMILES string of the molecule is O=C([C@@H]1C[C@H](N2CCC(c3ccc(C(F)(F)F)cc3)CC2)CN1)N1CCC(F)(F)C1. The van der Waals surface area contributed by atoms with E-state index >= 15 is 0 Å². The molecule has 3 fully saturated rings. The number of carbonyl (C=O) groups is 1. The van der Waals surface area contributed by atoms with E-state index in [9.17, 15) is 26.7 Å². The van der Waals surface area contributed by atoms with Gasteiger partial charge in [0.05, 0.1) is 18.2 Å². The highest BCUT2D eigenvalue weighted by molar-refractivity contribution is 5.82. The number of hydrogen-bond donors (Lipinski definition) is 1. The molecular formula is C21H26F5N3O. The van der Waals surface area contributed by atoms with Gasteiger partial charge in [0.25, 0.3) is 5.92 Å². The van der Waals surface area contributed by atoms with Crippen LogP contribution in [0, 0.1) is 0 Å². The fraction of sp³-hybridized carbons (Fsp3) is 0.667. The Morgan fingerprint density at radius 2 is 1.73 bits per heavy atom. The summed E-state index contributed by atoms with van der Waals surface area (Å²) in [7, 11) is 0. The van der Waals surface area contributed by atoms with Gasteiger partial charge in [-0.05, 0) is 56.0 Å².